The summed E-state index contributed by atoms with van der Waals surface area (Å²) in [5.74, 6) is -1.06. The molecule has 0 bridgehead atoms. The van der Waals surface area contributed by atoms with Gasteiger partial charge in [0.05, 0.1) is 12.0 Å². The smallest absolute Gasteiger partial charge is 0.311 e. The van der Waals surface area contributed by atoms with E-state index in [1.54, 1.807) is 4.90 Å². The van der Waals surface area contributed by atoms with Crippen molar-refractivity contribution in [3.05, 3.63) is 35.9 Å². The van der Waals surface area contributed by atoms with Crippen LogP contribution in [0, 0.1) is 11.8 Å². The number of likely N-dealkylation sites (tertiary alicyclic amines) is 1. The Bertz CT molecular complexity index is 615. The van der Waals surface area contributed by atoms with Crippen LogP contribution in [0.15, 0.2) is 30.3 Å². The highest BCUT2D eigenvalue weighted by atomic mass is 16.5. The van der Waals surface area contributed by atoms with Crippen LogP contribution >= 0.6 is 0 Å². The number of hydrogen-bond donors (Lipinski definition) is 1. The first-order chi connectivity index (χ1) is 11.9. The van der Waals surface area contributed by atoms with Crippen LogP contribution in [-0.4, -0.2) is 42.4 Å². The summed E-state index contributed by atoms with van der Waals surface area (Å²) in [6.45, 7) is 6.48. The van der Waals surface area contributed by atoms with Crippen molar-refractivity contribution in [2.75, 3.05) is 19.7 Å². The molecule has 0 aromatic heterocycles. The number of benzene rings is 1. The van der Waals surface area contributed by atoms with Gasteiger partial charge in [-0.2, -0.15) is 0 Å². The van der Waals surface area contributed by atoms with E-state index in [0.29, 0.717) is 19.0 Å². The minimum absolute atomic E-state index is 0.0671. The van der Waals surface area contributed by atoms with Gasteiger partial charge in [-0.15, -0.1) is 0 Å². The van der Waals surface area contributed by atoms with E-state index < -0.39 is 11.9 Å². The van der Waals surface area contributed by atoms with Gasteiger partial charge in [-0.25, -0.2) is 0 Å². The molecule has 1 N–H and O–H groups in total. The van der Waals surface area contributed by atoms with Crippen LogP contribution in [0.5, 0.6) is 0 Å². The van der Waals surface area contributed by atoms with Crippen LogP contribution < -0.4 is 5.32 Å². The van der Waals surface area contributed by atoms with E-state index in [9.17, 15) is 14.4 Å². The van der Waals surface area contributed by atoms with Crippen LogP contribution in [0.3, 0.4) is 0 Å². The standard InChI is InChI=1S/C19H26N2O4/c1-13(2)10-20-17(22)12-25-19(24)16-9-18(23)21(11-16)14(3)15-7-5-4-6-8-15/h4-8,13-14,16H,9-12H2,1-3H3,(H,20,22)/t14-,16-/m1/s1. The number of esters is 1. The predicted molar refractivity (Wildman–Crippen MR) is 93.5 cm³/mol. The second-order valence-electron chi connectivity index (χ2n) is 6.84. The van der Waals surface area contributed by atoms with Crippen molar-refractivity contribution in [1.29, 1.82) is 0 Å². The Kier molecular flexibility index (Phi) is 6.56. The van der Waals surface area contributed by atoms with Gasteiger partial charge in [-0.05, 0) is 18.4 Å². The zero-order valence-electron chi connectivity index (χ0n) is 15.0. The fourth-order valence-corrected chi connectivity index (χ4v) is 2.80. The van der Waals surface area contributed by atoms with Gasteiger partial charge in [-0.3, -0.25) is 14.4 Å². The van der Waals surface area contributed by atoms with E-state index >= 15 is 0 Å². The molecule has 1 aliphatic heterocycles. The van der Waals surface area contributed by atoms with Gasteiger partial charge in [-0.1, -0.05) is 44.2 Å². The summed E-state index contributed by atoms with van der Waals surface area (Å²) in [5.41, 5.74) is 1.03. The third-order valence-electron chi connectivity index (χ3n) is 4.29. The maximum atomic E-state index is 12.3. The number of nitrogens with zero attached hydrogens (tertiary/aromatic N) is 1. The minimum Gasteiger partial charge on any atom is -0.455 e. The summed E-state index contributed by atoms with van der Waals surface area (Å²) >= 11 is 0. The van der Waals surface area contributed by atoms with Gasteiger partial charge in [0.25, 0.3) is 5.91 Å². The van der Waals surface area contributed by atoms with Crippen LogP contribution in [0.25, 0.3) is 0 Å². The average molecular weight is 346 g/mol. The molecule has 136 valence electrons. The second-order valence-corrected chi connectivity index (χ2v) is 6.84. The maximum Gasteiger partial charge on any atom is 0.311 e. The van der Waals surface area contributed by atoms with Crippen LogP contribution in [-0.2, 0) is 19.1 Å². The third-order valence-corrected chi connectivity index (χ3v) is 4.29. The summed E-state index contributed by atoms with van der Waals surface area (Å²) in [6.07, 6.45) is 0.129. The highest BCUT2D eigenvalue weighted by Gasteiger charge is 2.38. The Morgan fingerprint density at radius 1 is 1.24 bits per heavy atom. The lowest BCUT2D eigenvalue weighted by Gasteiger charge is -2.25. The Labute approximate surface area is 148 Å². The fourth-order valence-electron chi connectivity index (χ4n) is 2.80. The van der Waals surface area contributed by atoms with Crippen molar-refractivity contribution in [1.82, 2.24) is 10.2 Å². The van der Waals surface area contributed by atoms with Crippen molar-refractivity contribution in [2.24, 2.45) is 11.8 Å². The SMILES string of the molecule is CC(C)CNC(=O)COC(=O)[C@@H]1CC(=O)N([C@H](C)c2ccccc2)C1. The summed E-state index contributed by atoms with van der Waals surface area (Å²) in [6, 6.07) is 9.60. The lowest BCUT2D eigenvalue weighted by molar-refractivity contribution is -0.152. The van der Waals surface area contributed by atoms with Crippen molar-refractivity contribution in [3.8, 4) is 0 Å². The van der Waals surface area contributed by atoms with Gasteiger partial charge >= 0.3 is 5.97 Å². The molecule has 1 aliphatic rings. The monoisotopic (exact) mass is 346 g/mol. The molecule has 25 heavy (non-hydrogen) atoms. The predicted octanol–water partition coefficient (Wildman–Crippen LogP) is 1.91. The Morgan fingerprint density at radius 3 is 2.56 bits per heavy atom. The first kappa shape index (κ1) is 19.0. The quantitative estimate of drug-likeness (QED) is 0.765. The third kappa shape index (κ3) is 5.31. The molecule has 0 aliphatic carbocycles. The Hall–Kier alpha value is -2.37. The maximum absolute atomic E-state index is 12.3. The molecule has 1 fully saturated rings. The van der Waals surface area contributed by atoms with Crippen molar-refractivity contribution >= 4 is 17.8 Å². The number of amides is 2. The summed E-state index contributed by atoms with van der Waals surface area (Å²) in [7, 11) is 0. The minimum atomic E-state index is -0.517. The van der Waals surface area contributed by atoms with Crippen molar-refractivity contribution in [3.63, 3.8) is 0 Å². The Balaban J connectivity index is 1.85. The van der Waals surface area contributed by atoms with E-state index in [4.69, 9.17) is 4.74 Å². The number of carbonyl (C=O) groups is 3. The molecule has 0 spiro atoms. The summed E-state index contributed by atoms with van der Waals surface area (Å²) < 4.78 is 5.07. The zero-order valence-corrected chi connectivity index (χ0v) is 15.0. The Morgan fingerprint density at radius 2 is 1.92 bits per heavy atom. The number of carbonyl (C=O) groups excluding carboxylic acids is 3. The molecule has 0 radical (unpaired) electrons. The molecule has 2 rings (SSSR count). The highest BCUT2D eigenvalue weighted by molar-refractivity contribution is 5.88. The lowest BCUT2D eigenvalue weighted by atomic mass is 10.1. The first-order valence-electron chi connectivity index (χ1n) is 8.66. The summed E-state index contributed by atoms with van der Waals surface area (Å²) in [4.78, 5) is 37.7. The lowest BCUT2D eigenvalue weighted by Crippen LogP contribution is -2.33. The van der Waals surface area contributed by atoms with E-state index in [1.165, 1.54) is 0 Å². The van der Waals surface area contributed by atoms with E-state index in [2.05, 4.69) is 5.32 Å². The molecular weight excluding hydrogens is 320 g/mol. The molecule has 1 heterocycles. The van der Waals surface area contributed by atoms with Gasteiger partial charge < -0.3 is 15.0 Å². The molecule has 1 aromatic carbocycles. The summed E-state index contributed by atoms with van der Waals surface area (Å²) in [5, 5.41) is 2.69. The van der Waals surface area contributed by atoms with Crippen LogP contribution in [0.2, 0.25) is 0 Å². The van der Waals surface area contributed by atoms with Gasteiger partial charge in [0, 0.05) is 19.5 Å². The molecule has 1 saturated heterocycles. The van der Waals surface area contributed by atoms with Gasteiger partial charge in [0.1, 0.15) is 0 Å². The fraction of sp³-hybridized carbons (Fsp3) is 0.526. The van der Waals surface area contributed by atoms with Crippen LogP contribution in [0.4, 0.5) is 0 Å². The molecule has 2 atom stereocenters. The second kappa shape index (κ2) is 8.65. The first-order valence-corrected chi connectivity index (χ1v) is 8.66. The highest BCUT2D eigenvalue weighted by Crippen LogP contribution is 2.28. The van der Waals surface area contributed by atoms with E-state index in [1.807, 2.05) is 51.1 Å². The number of ether oxygens (including phenoxy) is 1. The molecule has 6 heteroatoms. The van der Waals surface area contributed by atoms with E-state index in [-0.39, 0.29) is 30.9 Å². The molecular formula is C19H26N2O4. The van der Waals surface area contributed by atoms with Crippen molar-refractivity contribution in [2.45, 2.75) is 33.2 Å². The largest absolute Gasteiger partial charge is 0.455 e. The average Bonchev–Trinajstić information content (AvgIpc) is 2.99. The van der Waals surface area contributed by atoms with E-state index in [0.717, 1.165) is 5.56 Å². The van der Waals surface area contributed by atoms with Gasteiger partial charge in [0.2, 0.25) is 5.91 Å². The van der Waals surface area contributed by atoms with Crippen molar-refractivity contribution < 1.29 is 19.1 Å². The van der Waals surface area contributed by atoms with Crippen LogP contribution in [0.1, 0.15) is 38.8 Å². The van der Waals surface area contributed by atoms with Gasteiger partial charge in [0.15, 0.2) is 6.61 Å². The number of hydrogen-bond acceptors (Lipinski definition) is 4. The zero-order chi connectivity index (χ0) is 18.4. The molecule has 2 amide bonds. The normalized spacial score (nSPS) is 18.3. The number of rotatable bonds is 7. The molecule has 1 aromatic rings. The number of nitrogens with one attached hydrogen (secondary N) is 1. The molecule has 6 nitrogen and oxygen atoms in total. The topological polar surface area (TPSA) is 75.7 Å². The molecule has 0 unspecified atom stereocenters. The molecule has 0 saturated carbocycles.